The highest BCUT2D eigenvalue weighted by Crippen LogP contribution is 2.22. The molecule has 1 amide bonds. The molecule has 1 aromatic carbocycles. The van der Waals surface area contributed by atoms with E-state index in [0.717, 1.165) is 11.1 Å². The first kappa shape index (κ1) is 18.6. The van der Waals surface area contributed by atoms with E-state index in [-0.39, 0.29) is 23.9 Å². The van der Waals surface area contributed by atoms with Gasteiger partial charge in [0.15, 0.2) is 0 Å². The van der Waals surface area contributed by atoms with Gasteiger partial charge in [0.2, 0.25) is 15.9 Å². The second-order valence-corrected chi connectivity index (χ2v) is 7.86. The molecule has 0 saturated heterocycles. The summed E-state index contributed by atoms with van der Waals surface area (Å²) in [6.07, 6.45) is 4.02. The Bertz CT molecular complexity index is 865. The van der Waals surface area contributed by atoms with Gasteiger partial charge in [-0.1, -0.05) is 6.07 Å². The number of benzene rings is 1. The van der Waals surface area contributed by atoms with Crippen molar-refractivity contribution in [3.63, 3.8) is 0 Å². The first-order valence-corrected chi connectivity index (χ1v) is 9.83. The van der Waals surface area contributed by atoms with Crippen LogP contribution in [0.1, 0.15) is 11.1 Å². The standard InChI is InChI=1S/C17H22N4O4S/c1-25-10-7-19-26(23,24)16-4-3-15-12-20(9-5-14(15)11-16)17(22)13-21-8-2-6-18-21/h2-4,6,8,11,19H,5,7,9-10,12-13H2,1H3. The molecule has 2 heterocycles. The van der Waals surface area contributed by atoms with E-state index < -0.39 is 10.0 Å². The molecule has 0 spiro atoms. The Morgan fingerprint density at radius 2 is 2.19 bits per heavy atom. The molecular weight excluding hydrogens is 356 g/mol. The van der Waals surface area contributed by atoms with E-state index in [2.05, 4.69) is 9.82 Å². The van der Waals surface area contributed by atoms with Crippen LogP contribution in [-0.2, 0) is 39.1 Å². The lowest BCUT2D eigenvalue weighted by Crippen LogP contribution is -2.38. The van der Waals surface area contributed by atoms with Crippen molar-refractivity contribution < 1.29 is 17.9 Å². The first-order valence-electron chi connectivity index (χ1n) is 8.35. The average molecular weight is 378 g/mol. The normalized spacial score (nSPS) is 14.3. The maximum atomic E-state index is 12.4. The third-order valence-corrected chi connectivity index (χ3v) is 5.77. The summed E-state index contributed by atoms with van der Waals surface area (Å²) in [4.78, 5) is 14.4. The number of methoxy groups -OCH3 is 1. The minimum Gasteiger partial charge on any atom is -0.383 e. The van der Waals surface area contributed by atoms with Crippen LogP contribution >= 0.6 is 0 Å². The fourth-order valence-corrected chi connectivity index (χ4v) is 3.97. The van der Waals surface area contributed by atoms with Gasteiger partial charge in [0, 0.05) is 39.1 Å². The fraction of sp³-hybridized carbons (Fsp3) is 0.412. The second-order valence-electron chi connectivity index (χ2n) is 6.09. The van der Waals surface area contributed by atoms with Gasteiger partial charge in [-0.2, -0.15) is 5.10 Å². The number of ether oxygens (including phenoxy) is 1. The number of carbonyl (C=O) groups excluding carboxylic acids is 1. The number of rotatable bonds is 7. The Kier molecular flexibility index (Phi) is 5.70. The Morgan fingerprint density at radius 3 is 2.92 bits per heavy atom. The van der Waals surface area contributed by atoms with Crippen LogP contribution in [0.3, 0.4) is 0 Å². The molecule has 0 unspecified atom stereocenters. The Morgan fingerprint density at radius 1 is 1.35 bits per heavy atom. The minimum absolute atomic E-state index is 0.00252. The van der Waals surface area contributed by atoms with Gasteiger partial charge in [0.25, 0.3) is 0 Å². The van der Waals surface area contributed by atoms with E-state index in [1.165, 1.54) is 7.11 Å². The number of carbonyl (C=O) groups is 1. The number of hydrogen-bond acceptors (Lipinski definition) is 5. The zero-order chi connectivity index (χ0) is 18.6. The SMILES string of the molecule is COCCNS(=O)(=O)c1ccc2c(c1)CCN(C(=O)Cn1cccn1)C2. The summed E-state index contributed by atoms with van der Waals surface area (Å²) in [5, 5.41) is 4.05. The molecule has 3 rings (SSSR count). The van der Waals surface area contributed by atoms with Crippen LogP contribution in [0.5, 0.6) is 0 Å². The molecule has 1 aromatic heterocycles. The van der Waals surface area contributed by atoms with Crippen LogP contribution in [-0.4, -0.2) is 55.8 Å². The number of aromatic nitrogens is 2. The lowest BCUT2D eigenvalue weighted by Gasteiger charge is -2.29. The van der Waals surface area contributed by atoms with E-state index in [4.69, 9.17) is 4.74 Å². The molecule has 0 radical (unpaired) electrons. The van der Waals surface area contributed by atoms with Crippen molar-refractivity contribution in [3.05, 3.63) is 47.8 Å². The number of sulfonamides is 1. The zero-order valence-corrected chi connectivity index (χ0v) is 15.4. The van der Waals surface area contributed by atoms with E-state index in [1.807, 2.05) is 0 Å². The molecule has 0 fully saturated rings. The topological polar surface area (TPSA) is 93.5 Å². The molecule has 0 bridgehead atoms. The summed E-state index contributed by atoms with van der Waals surface area (Å²) >= 11 is 0. The van der Waals surface area contributed by atoms with Gasteiger partial charge in [0.05, 0.1) is 11.5 Å². The van der Waals surface area contributed by atoms with Crippen molar-refractivity contribution in [2.45, 2.75) is 24.4 Å². The minimum atomic E-state index is -3.55. The third-order valence-electron chi connectivity index (χ3n) is 4.31. The van der Waals surface area contributed by atoms with Crippen molar-refractivity contribution in [2.24, 2.45) is 0 Å². The molecule has 140 valence electrons. The van der Waals surface area contributed by atoms with Gasteiger partial charge in [-0.15, -0.1) is 0 Å². The average Bonchev–Trinajstić information content (AvgIpc) is 3.14. The van der Waals surface area contributed by atoms with Crippen LogP contribution in [0.25, 0.3) is 0 Å². The van der Waals surface area contributed by atoms with Crippen LogP contribution < -0.4 is 4.72 Å². The van der Waals surface area contributed by atoms with Crippen LogP contribution in [0, 0.1) is 0 Å². The molecule has 2 aromatic rings. The molecule has 8 nitrogen and oxygen atoms in total. The summed E-state index contributed by atoms with van der Waals surface area (Å²) in [5.41, 5.74) is 1.93. The molecule has 1 aliphatic rings. The van der Waals surface area contributed by atoms with Crippen molar-refractivity contribution >= 4 is 15.9 Å². The van der Waals surface area contributed by atoms with Gasteiger partial charge in [0.1, 0.15) is 6.54 Å². The van der Waals surface area contributed by atoms with Crippen molar-refractivity contribution in [2.75, 3.05) is 26.8 Å². The number of fused-ring (bicyclic) bond motifs is 1. The summed E-state index contributed by atoms with van der Waals surface area (Å²) in [7, 11) is -2.03. The molecule has 0 atom stereocenters. The van der Waals surface area contributed by atoms with Gasteiger partial charge < -0.3 is 9.64 Å². The largest absolute Gasteiger partial charge is 0.383 e. The number of hydrogen-bond donors (Lipinski definition) is 1. The molecule has 0 aliphatic carbocycles. The second kappa shape index (κ2) is 7.98. The number of nitrogens with zero attached hydrogens (tertiary/aromatic N) is 3. The van der Waals surface area contributed by atoms with Gasteiger partial charge in [-0.05, 0) is 35.7 Å². The lowest BCUT2D eigenvalue weighted by atomic mass is 10.00. The number of nitrogens with one attached hydrogen (secondary N) is 1. The number of amides is 1. The monoisotopic (exact) mass is 378 g/mol. The van der Waals surface area contributed by atoms with Crippen molar-refractivity contribution in [1.82, 2.24) is 19.4 Å². The van der Waals surface area contributed by atoms with Crippen LogP contribution in [0.15, 0.2) is 41.6 Å². The van der Waals surface area contributed by atoms with Gasteiger partial charge in [-0.25, -0.2) is 13.1 Å². The van der Waals surface area contributed by atoms with Gasteiger partial charge >= 0.3 is 0 Å². The maximum absolute atomic E-state index is 12.4. The molecule has 26 heavy (non-hydrogen) atoms. The molecule has 0 saturated carbocycles. The highest BCUT2D eigenvalue weighted by molar-refractivity contribution is 7.89. The quantitative estimate of drug-likeness (QED) is 0.704. The predicted octanol–water partition coefficient (Wildman–Crippen LogP) is 0.393. The van der Waals surface area contributed by atoms with Crippen molar-refractivity contribution in [1.29, 1.82) is 0 Å². The summed E-state index contributed by atoms with van der Waals surface area (Å²) in [6, 6.07) is 6.84. The van der Waals surface area contributed by atoms with Crippen molar-refractivity contribution in [3.8, 4) is 0 Å². The maximum Gasteiger partial charge on any atom is 0.244 e. The summed E-state index contributed by atoms with van der Waals surface area (Å²) < 4.78 is 33.6. The smallest absolute Gasteiger partial charge is 0.244 e. The summed E-state index contributed by atoms with van der Waals surface area (Å²) in [6.45, 7) is 1.79. The van der Waals surface area contributed by atoms with Gasteiger partial charge in [-0.3, -0.25) is 9.48 Å². The third kappa shape index (κ3) is 4.29. The predicted molar refractivity (Wildman–Crippen MR) is 94.9 cm³/mol. The van der Waals surface area contributed by atoms with Crippen LogP contribution in [0.4, 0.5) is 0 Å². The van der Waals surface area contributed by atoms with E-state index in [9.17, 15) is 13.2 Å². The van der Waals surface area contributed by atoms with E-state index >= 15 is 0 Å². The van der Waals surface area contributed by atoms with Crippen LogP contribution in [0.2, 0.25) is 0 Å². The summed E-state index contributed by atoms with van der Waals surface area (Å²) in [5.74, 6) is -0.00252. The highest BCUT2D eigenvalue weighted by Gasteiger charge is 2.23. The fourth-order valence-electron chi connectivity index (χ4n) is 2.90. The molecule has 9 heteroatoms. The molecule has 1 N–H and O–H groups in total. The Labute approximate surface area is 152 Å². The molecular formula is C17H22N4O4S. The zero-order valence-electron chi connectivity index (χ0n) is 14.6. The lowest BCUT2D eigenvalue weighted by molar-refractivity contribution is -0.133. The Balaban J connectivity index is 1.68. The highest BCUT2D eigenvalue weighted by atomic mass is 32.2. The van der Waals surface area contributed by atoms with E-state index in [1.54, 1.807) is 46.2 Å². The molecule has 1 aliphatic heterocycles. The first-order chi connectivity index (χ1) is 12.5. The van der Waals surface area contributed by atoms with E-state index in [0.29, 0.717) is 26.1 Å². The Hall–Kier alpha value is -2.23.